The number of rotatable bonds is 5. The zero-order chi connectivity index (χ0) is 22.2. The molecule has 1 saturated heterocycles. The van der Waals surface area contributed by atoms with E-state index in [-0.39, 0.29) is 23.6 Å². The Bertz CT molecular complexity index is 901. The Morgan fingerprint density at radius 1 is 0.935 bits per heavy atom. The second-order valence-electron chi connectivity index (χ2n) is 8.64. The van der Waals surface area contributed by atoms with E-state index in [2.05, 4.69) is 17.0 Å². The fourth-order valence-electron chi connectivity index (χ4n) is 4.27. The van der Waals surface area contributed by atoms with E-state index in [9.17, 15) is 23.1 Å². The van der Waals surface area contributed by atoms with E-state index in [0.29, 0.717) is 5.56 Å². The largest absolute Gasteiger partial charge is 0.421 e. The molecule has 0 unspecified atom stereocenters. The number of anilines is 1. The van der Waals surface area contributed by atoms with Gasteiger partial charge in [-0.05, 0) is 62.4 Å². The minimum Gasteiger partial charge on any atom is -0.376 e. The Morgan fingerprint density at radius 2 is 1.48 bits per heavy atom. The lowest BCUT2D eigenvalue weighted by atomic mass is 9.94. The van der Waals surface area contributed by atoms with Crippen molar-refractivity contribution in [1.82, 2.24) is 4.90 Å². The number of halogens is 3. The molecule has 166 valence electrons. The van der Waals surface area contributed by atoms with Gasteiger partial charge in [-0.25, -0.2) is 0 Å². The molecule has 2 aromatic carbocycles. The zero-order valence-corrected chi connectivity index (χ0v) is 17.5. The van der Waals surface area contributed by atoms with Gasteiger partial charge in [0.15, 0.2) is 5.60 Å². The molecule has 2 aromatic rings. The highest BCUT2D eigenvalue weighted by Gasteiger charge is 2.51. The van der Waals surface area contributed by atoms with Crippen LogP contribution >= 0.6 is 0 Å². The van der Waals surface area contributed by atoms with Crippen molar-refractivity contribution in [2.45, 2.75) is 56.5 Å². The van der Waals surface area contributed by atoms with E-state index < -0.39 is 11.8 Å². The number of para-hydroxylation sites is 1. The third kappa shape index (κ3) is 4.42. The van der Waals surface area contributed by atoms with Gasteiger partial charge in [-0.15, -0.1) is 0 Å². The number of amides is 1. The lowest BCUT2D eigenvalue weighted by molar-refractivity contribution is -0.258. The molecule has 1 N–H and O–H groups in total. The van der Waals surface area contributed by atoms with E-state index in [0.717, 1.165) is 45.7 Å². The molecule has 1 amide bonds. The van der Waals surface area contributed by atoms with Crippen molar-refractivity contribution < 1.29 is 23.1 Å². The highest BCUT2D eigenvalue weighted by Crippen LogP contribution is 2.39. The molecule has 1 heterocycles. The van der Waals surface area contributed by atoms with Gasteiger partial charge in [0.2, 0.25) is 0 Å². The lowest BCUT2D eigenvalue weighted by Gasteiger charge is -2.40. The van der Waals surface area contributed by atoms with E-state index in [4.69, 9.17) is 0 Å². The molecule has 2 fully saturated rings. The van der Waals surface area contributed by atoms with Crippen molar-refractivity contribution in [1.29, 1.82) is 0 Å². The molecule has 0 spiro atoms. The van der Waals surface area contributed by atoms with Gasteiger partial charge in [0.25, 0.3) is 5.91 Å². The molecule has 0 aromatic heterocycles. The summed E-state index contributed by atoms with van der Waals surface area (Å²) in [5.74, 6) is -0.140. The van der Waals surface area contributed by atoms with Crippen LogP contribution in [0.15, 0.2) is 54.6 Å². The van der Waals surface area contributed by atoms with Crippen molar-refractivity contribution >= 4 is 11.6 Å². The highest BCUT2D eigenvalue weighted by molar-refractivity contribution is 5.95. The van der Waals surface area contributed by atoms with Crippen LogP contribution in [-0.4, -0.2) is 47.3 Å². The van der Waals surface area contributed by atoms with Crippen molar-refractivity contribution in [3.05, 3.63) is 65.7 Å². The minimum atomic E-state index is -4.79. The van der Waals surface area contributed by atoms with Crippen LogP contribution in [0.25, 0.3) is 0 Å². The molecule has 1 aliphatic carbocycles. The van der Waals surface area contributed by atoms with Crippen LogP contribution < -0.4 is 4.90 Å². The first kappa shape index (κ1) is 21.7. The van der Waals surface area contributed by atoms with Gasteiger partial charge in [0.05, 0.1) is 0 Å². The topological polar surface area (TPSA) is 43.8 Å². The fraction of sp³-hybridized carbons (Fsp3) is 0.458. The van der Waals surface area contributed by atoms with Gasteiger partial charge in [0, 0.05) is 36.4 Å². The highest BCUT2D eigenvalue weighted by atomic mass is 19.4. The van der Waals surface area contributed by atoms with Gasteiger partial charge in [-0.2, -0.15) is 13.2 Å². The van der Waals surface area contributed by atoms with Gasteiger partial charge in [0.1, 0.15) is 0 Å². The predicted molar refractivity (Wildman–Crippen MR) is 113 cm³/mol. The summed E-state index contributed by atoms with van der Waals surface area (Å²) in [6, 6.07) is 15.7. The van der Waals surface area contributed by atoms with Crippen LogP contribution in [0, 0.1) is 0 Å². The third-order valence-electron chi connectivity index (χ3n) is 6.40. The number of hydrogen-bond donors (Lipinski definition) is 1. The minimum absolute atomic E-state index is 0.123. The van der Waals surface area contributed by atoms with E-state index in [1.807, 2.05) is 23.1 Å². The summed E-state index contributed by atoms with van der Waals surface area (Å²) < 4.78 is 39.3. The van der Waals surface area contributed by atoms with E-state index >= 15 is 0 Å². The standard InChI is InChI=1S/C24H27F3N2O2/c1-23(31,24(25,26)27)18-9-7-17(8-10-18)22(30)29(20-11-12-20)21-13-15-28(16-14-21)19-5-3-2-4-6-19/h2-10,20-21,31H,11-16H2,1H3/t23-/m0/s1. The van der Waals surface area contributed by atoms with Crippen molar-refractivity contribution in [3.63, 3.8) is 0 Å². The number of nitrogens with zero attached hydrogens (tertiary/aromatic N) is 2. The average Bonchev–Trinajstić information content (AvgIpc) is 3.59. The molecule has 7 heteroatoms. The summed E-state index contributed by atoms with van der Waals surface area (Å²) >= 11 is 0. The predicted octanol–water partition coefficient (Wildman–Crippen LogP) is 4.73. The molecule has 1 aliphatic heterocycles. The third-order valence-corrected chi connectivity index (χ3v) is 6.40. The second-order valence-corrected chi connectivity index (χ2v) is 8.64. The van der Waals surface area contributed by atoms with Crippen LogP contribution in [0.1, 0.15) is 48.5 Å². The van der Waals surface area contributed by atoms with E-state index in [1.165, 1.54) is 30.0 Å². The molecular formula is C24H27F3N2O2. The number of carbonyl (C=O) groups is 1. The van der Waals surface area contributed by atoms with Gasteiger partial charge in [-0.1, -0.05) is 30.3 Å². The molecule has 2 aliphatic rings. The molecule has 1 atom stereocenters. The summed E-state index contributed by atoms with van der Waals surface area (Å²) in [6.07, 6.45) is -1.14. The van der Waals surface area contributed by atoms with Crippen LogP contribution in [0.5, 0.6) is 0 Å². The van der Waals surface area contributed by atoms with Crippen LogP contribution in [0.4, 0.5) is 18.9 Å². The van der Waals surface area contributed by atoms with Gasteiger partial charge < -0.3 is 14.9 Å². The lowest BCUT2D eigenvalue weighted by Crippen LogP contribution is -2.48. The monoisotopic (exact) mass is 432 g/mol. The fourth-order valence-corrected chi connectivity index (χ4v) is 4.27. The van der Waals surface area contributed by atoms with Crippen LogP contribution in [-0.2, 0) is 5.60 Å². The normalized spacial score (nSPS) is 19.7. The quantitative estimate of drug-likeness (QED) is 0.743. The van der Waals surface area contributed by atoms with Crippen molar-refractivity contribution in [3.8, 4) is 0 Å². The van der Waals surface area contributed by atoms with E-state index in [1.54, 1.807) is 0 Å². The maximum atomic E-state index is 13.3. The Hall–Kier alpha value is -2.54. The Labute approximate surface area is 180 Å². The van der Waals surface area contributed by atoms with Gasteiger partial charge in [-0.3, -0.25) is 4.79 Å². The van der Waals surface area contributed by atoms with Crippen LogP contribution in [0.2, 0.25) is 0 Å². The molecule has 0 radical (unpaired) electrons. The smallest absolute Gasteiger partial charge is 0.376 e. The number of piperidine rings is 1. The first-order valence-corrected chi connectivity index (χ1v) is 10.7. The first-order chi connectivity index (χ1) is 14.7. The van der Waals surface area contributed by atoms with Gasteiger partial charge >= 0.3 is 6.18 Å². The maximum Gasteiger partial charge on any atom is 0.421 e. The Kier molecular flexibility index (Phi) is 5.73. The Morgan fingerprint density at radius 3 is 2.00 bits per heavy atom. The van der Waals surface area contributed by atoms with Crippen molar-refractivity contribution in [2.75, 3.05) is 18.0 Å². The summed E-state index contributed by atoms with van der Waals surface area (Å²) in [6.45, 7) is 2.44. The molecule has 1 saturated carbocycles. The molecule has 31 heavy (non-hydrogen) atoms. The SMILES string of the molecule is C[C@](O)(c1ccc(C(=O)N(C2CC2)C2CCN(c3ccccc3)CC2)cc1)C(F)(F)F. The molecule has 4 rings (SSSR count). The summed E-state index contributed by atoms with van der Waals surface area (Å²) in [7, 11) is 0. The Balaban J connectivity index is 1.46. The molecule has 0 bridgehead atoms. The van der Waals surface area contributed by atoms with Crippen LogP contribution in [0.3, 0.4) is 0 Å². The number of alkyl halides is 3. The number of hydrogen-bond acceptors (Lipinski definition) is 3. The average molecular weight is 432 g/mol. The maximum absolute atomic E-state index is 13.3. The summed E-state index contributed by atoms with van der Waals surface area (Å²) in [5, 5.41) is 9.86. The summed E-state index contributed by atoms with van der Waals surface area (Å²) in [5.41, 5.74) is -1.68. The second kappa shape index (κ2) is 8.19. The number of aliphatic hydroxyl groups is 1. The number of benzene rings is 2. The summed E-state index contributed by atoms with van der Waals surface area (Å²) in [4.78, 5) is 17.5. The molecule has 4 nitrogen and oxygen atoms in total. The van der Waals surface area contributed by atoms with Crippen molar-refractivity contribution in [2.24, 2.45) is 0 Å². The number of carbonyl (C=O) groups excluding carboxylic acids is 1. The first-order valence-electron chi connectivity index (χ1n) is 10.7. The molecular weight excluding hydrogens is 405 g/mol. The zero-order valence-electron chi connectivity index (χ0n) is 17.5.